The Morgan fingerprint density at radius 1 is 1.27 bits per heavy atom. The summed E-state index contributed by atoms with van der Waals surface area (Å²) in [5, 5.41) is 4.16. The fourth-order valence-corrected chi connectivity index (χ4v) is 5.06. The highest BCUT2D eigenvalue weighted by molar-refractivity contribution is 6.40. The molecule has 136 valence electrons. The Bertz CT molecular complexity index is 801. The Morgan fingerprint density at radius 3 is 2.62 bits per heavy atom. The number of hydrogen-bond acceptors (Lipinski definition) is 1. The molecule has 3 saturated carbocycles. The molecule has 3 nitrogen and oxygen atoms in total. The first kappa shape index (κ1) is 17.7. The molecular weight excluding hydrogens is 319 g/mol. The van der Waals surface area contributed by atoms with Crippen LogP contribution in [0.1, 0.15) is 62.7 Å². The second-order valence-corrected chi connectivity index (χ2v) is 9.00. The summed E-state index contributed by atoms with van der Waals surface area (Å²) in [7, 11) is 6.24. The summed E-state index contributed by atoms with van der Waals surface area (Å²) in [6.07, 6.45) is 9.84. The lowest BCUT2D eigenvalue weighted by atomic mass is 9.61. The molecule has 3 fully saturated rings. The van der Waals surface area contributed by atoms with Gasteiger partial charge in [0, 0.05) is 30.2 Å². The first-order valence-electron chi connectivity index (χ1n) is 10.1. The van der Waals surface area contributed by atoms with Gasteiger partial charge in [0.1, 0.15) is 7.85 Å². The van der Waals surface area contributed by atoms with Crippen molar-refractivity contribution in [1.82, 2.24) is 9.88 Å². The van der Waals surface area contributed by atoms with E-state index in [4.69, 9.17) is 7.85 Å². The maximum Gasteiger partial charge on any atom is 0.253 e. The fraction of sp³-hybridized carbons (Fsp3) is 0.591. The van der Waals surface area contributed by atoms with Crippen LogP contribution >= 0.6 is 0 Å². The average Bonchev–Trinajstić information content (AvgIpc) is 3.01. The van der Waals surface area contributed by atoms with Crippen LogP contribution in [0, 0.1) is 17.3 Å². The van der Waals surface area contributed by atoms with E-state index in [0.717, 1.165) is 35.5 Å². The minimum Gasteiger partial charge on any atom is -0.351 e. The molecule has 26 heavy (non-hydrogen) atoms. The molecule has 1 N–H and O–H groups in total. The number of nitrogens with zero attached hydrogens (tertiary/aromatic N) is 1. The van der Waals surface area contributed by atoms with Crippen molar-refractivity contribution >= 4 is 30.1 Å². The monoisotopic (exact) mass is 348 g/mol. The van der Waals surface area contributed by atoms with Crippen LogP contribution < -0.4 is 10.8 Å². The van der Waals surface area contributed by atoms with Gasteiger partial charge in [0.05, 0.1) is 5.56 Å². The highest BCUT2D eigenvalue weighted by Crippen LogP contribution is 2.49. The standard InChI is InChI=1S/C22H29BN2O/c1-15(2)12-25-13-17(20-18(23)4-3-5-19(20)25)21(26)24-14-22-9-6-16(7-10-22)8-11-22/h3-5,13,15-16H,6-12,14H2,1-2H3,(H,24,26). The van der Waals surface area contributed by atoms with Gasteiger partial charge in [0.2, 0.25) is 0 Å². The van der Waals surface area contributed by atoms with E-state index < -0.39 is 0 Å². The summed E-state index contributed by atoms with van der Waals surface area (Å²) in [6, 6.07) is 5.92. The molecule has 1 amide bonds. The summed E-state index contributed by atoms with van der Waals surface area (Å²) in [5.74, 6) is 1.48. The minimum atomic E-state index is 0.0254. The van der Waals surface area contributed by atoms with Crippen molar-refractivity contribution in [3.8, 4) is 0 Å². The van der Waals surface area contributed by atoms with Gasteiger partial charge >= 0.3 is 0 Å². The molecule has 3 aliphatic carbocycles. The predicted octanol–water partition coefficient (Wildman–Crippen LogP) is 3.79. The highest BCUT2D eigenvalue weighted by atomic mass is 16.1. The third-order valence-electron chi connectivity index (χ3n) is 6.62. The van der Waals surface area contributed by atoms with Crippen molar-refractivity contribution < 1.29 is 4.79 Å². The molecule has 2 radical (unpaired) electrons. The van der Waals surface area contributed by atoms with E-state index in [-0.39, 0.29) is 5.91 Å². The minimum absolute atomic E-state index is 0.0254. The highest BCUT2D eigenvalue weighted by Gasteiger charge is 2.40. The van der Waals surface area contributed by atoms with Gasteiger partial charge in [-0.3, -0.25) is 4.79 Å². The van der Waals surface area contributed by atoms with E-state index in [1.54, 1.807) is 0 Å². The molecule has 0 aliphatic heterocycles. The number of nitrogens with one attached hydrogen (secondary N) is 1. The quantitative estimate of drug-likeness (QED) is 0.820. The summed E-state index contributed by atoms with van der Waals surface area (Å²) in [4.78, 5) is 13.0. The van der Waals surface area contributed by atoms with Crippen molar-refractivity contribution in [2.24, 2.45) is 17.3 Å². The van der Waals surface area contributed by atoms with E-state index in [1.807, 2.05) is 18.3 Å². The van der Waals surface area contributed by atoms with Crippen LogP contribution in [0.25, 0.3) is 10.9 Å². The normalized spacial score (nSPS) is 25.1. The number of fused-ring (bicyclic) bond motifs is 4. The molecule has 1 aromatic heterocycles. The first-order valence-corrected chi connectivity index (χ1v) is 10.1. The van der Waals surface area contributed by atoms with E-state index in [2.05, 4.69) is 29.8 Å². The van der Waals surface area contributed by atoms with Crippen LogP contribution in [0.4, 0.5) is 0 Å². The zero-order valence-corrected chi connectivity index (χ0v) is 16.1. The Hall–Kier alpha value is -1.71. The van der Waals surface area contributed by atoms with Gasteiger partial charge in [0.15, 0.2) is 0 Å². The zero-order chi connectivity index (χ0) is 18.3. The SMILES string of the molecule is [B]c1cccc2c1c(C(=O)NCC13CCC(CC1)CC3)cn2CC(C)C. The van der Waals surface area contributed by atoms with Gasteiger partial charge in [-0.2, -0.15) is 0 Å². The largest absolute Gasteiger partial charge is 0.351 e. The lowest BCUT2D eigenvalue weighted by molar-refractivity contribution is 0.0598. The second-order valence-electron chi connectivity index (χ2n) is 9.00. The number of hydrogen-bond donors (Lipinski definition) is 1. The zero-order valence-electron chi connectivity index (χ0n) is 16.1. The van der Waals surface area contributed by atoms with Crippen LogP contribution in [-0.4, -0.2) is 24.9 Å². The maximum atomic E-state index is 13.0. The van der Waals surface area contributed by atoms with Crippen molar-refractivity contribution in [2.75, 3.05) is 6.54 Å². The van der Waals surface area contributed by atoms with Gasteiger partial charge < -0.3 is 9.88 Å². The summed E-state index contributed by atoms with van der Waals surface area (Å²) >= 11 is 0. The number of amides is 1. The Balaban J connectivity index is 1.58. The van der Waals surface area contributed by atoms with Gasteiger partial charge in [0.25, 0.3) is 5.91 Å². The Labute approximate surface area is 157 Å². The average molecular weight is 348 g/mol. The molecule has 4 heteroatoms. The Morgan fingerprint density at radius 2 is 1.96 bits per heavy atom. The number of aromatic nitrogens is 1. The molecule has 0 atom stereocenters. The lowest BCUT2D eigenvalue weighted by Crippen LogP contribution is -2.43. The Kier molecular flexibility index (Phi) is 4.62. The van der Waals surface area contributed by atoms with Gasteiger partial charge in [-0.1, -0.05) is 31.4 Å². The van der Waals surface area contributed by atoms with Crippen molar-refractivity contribution in [3.05, 3.63) is 30.0 Å². The van der Waals surface area contributed by atoms with Crippen LogP contribution in [0.5, 0.6) is 0 Å². The number of carbonyl (C=O) groups excluding carboxylic acids is 1. The smallest absolute Gasteiger partial charge is 0.253 e. The topological polar surface area (TPSA) is 34.0 Å². The molecule has 0 spiro atoms. The number of carbonyl (C=O) groups is 1. The second kappa shape index (κ2) is 6.79. The molecule has 2 aromatic rings. The molecule has 0 saturated heterocycles. The van der Waals surface area contributed by atoms with Crippen molar-refractivity contribution in [2.45, 2.75) is 58.9 Å². The van der Waals surface area contributed by atoms with E-state index in [0.29, 0.717) is 16.8 Å². The molecule has 0 unspecified atom stereocenters. The van der Waals surface area contributed by atoms with Crippen LogP contribution in [-0.2, 0) is 6.54 Å². The predicted molar refractivity (Wildman–Crippen MR) is 108 cm³/mol. The van der Waals surface area contributed by atoms with Crippen LogP contribution in [0.2, 0.25) is 0 Å². The third kappa shape index (κ3) is 3.19. The molecule has 1 heterocycles. The van der Waals surface area contributed by atoms with Crippen LogP contribution in [0.3, 0.4) is 0 Å². The molecule has 5 rings (SSSR count). The maximum absolute atomic E-state index is 13.0. The van der Waals surface area contributed by atoms with Gasteiger partial charge in [-0.05, 0) is 61.8 Å². The van der Waals surface area contributed by atoms with Gasteiger partial charge in [-0.25, -0.2) is 0 Å². The molecule has 3 aliphatic rings. The summed E-state index contributed by atoms with van der Waals surface area (Å²) in [5.41, 5.74) is 2.80. The van der Waals surface area contributed by atoms with Crippen molar-refractivity contribution in [1.29, 1.82) is 0 Å². The van der Waals surface area contributed by atoms with Crippen LogP contribution in [0.15, 0.2) is 24.4 Å². The lowest BCUT2D eigenvalue weighted by Gasteiger charge is -2.46. The third-order valence-corrected chi connectivity index (χ3v) is 6.62. The summed E-state index contributed by atoms with van der Waals surface area (Å²) in [6.45, 7) is 6.08. The number of rotatable bonds is 5. The fourth-order valence-electron chi connectivity index (χ4n) is 5.06. The first-order chi connectivity index (χ1) is 12.5. The van der Waals surface area contributed by atoms with Crippen molar-refractivity contribution in [3.63, 3.8) is 0 Å². The van der Waals surface area contributed by atoms with Gasteiger partial charge in [-0.15, -0.1) is 0 Å². The molecule has 1 aromatic carbocycles. The van der Waals surface area contributed by atoms with E-state index in [1.165, 1.54) is 38.5 Å². The summed E-state index contributed by atoms with van der Waals surface area (Å²) < 4.78 is 2.18. The molecule has 2 bridgehead atoms. The van der Waals surface area contributed by atoms with E-state index in [9.17, 15) is 4.79 Å². The van der Waals surface area contributed by atoms with E-state index >= 15 is 0 Å². The molecular formula is C22H29BN2O. The number of benzene rings is 1.